The number of aryl methyl sites for hydroxylation is 1. The lowest BCUT2D eigenvalue weighted by atomic mass is 10.1. The maximum absolute atomic E-state index is 12.1. The second-order valence-corrected chi connectivity index (χ2v) is 5.97. The number of carbonyl (C=O) groups excluding carboxylic acids is 1. The van der Waals surface area contributed by atoms with Crippen molar-refractivity contribution in [2.45, 2.75) is 13.5 Å². The second kappa shape index (κ2) is 6.35. The Morgan fingerprint density at radius 2 is 1.84 bits per heavy atom. The molecule has 4 heteroatoms. The Morgan fingerprint density at radius 1 is 1.11 bits per heavy atom. The van der Waals surface area contributed by atoms with Crippen LogP contribution in [0.4, 0.5) is 0 Å². The van der Waals surface area contributed by atoms with Crippen LogP contribution in [0.1, 0.15) is 21.5 Å². The van der Waals surface area contributed by atoms with E-state index in [0.717, 1.165) is 20.1 Å². The summed E-state index contributed by atoms with van der Waals surface area (Å²) in [4.78, 5) is 12.1. The van der Waals surface area contributed by atoms with Gasteiger partial charge in [-0.3, -0.25) is 4.79 Å². The molecule has 2 rings (SSSR count). The van der Waals surface area contributed by atoms with Crippen LogP contribution in [0, 0.1) is 6.92 Å². The number of halogens is 2. The largest absolute Gasteiger partial charge is 0.348 e. The first-order valence-corrected chi connectivity index (χ1v) is 7.44. The molecule has 0 aromatic heterocycles. The van der Waals surface area contributed by atoms with E-state index in [1.807, 2.05) is 49.4 Å². The molecule has 2 nitrogen and oxygen atoms in total. The summed E-state index contributed by atoms with van der Waals surface area (Å²) in [7, 11) is 0. The summed E-state index contributed by atoms with van der Waals surface area (Å²) < 4.78 is 1.81. The number of amides is 1. The van der Waals surface area contributed by atoms with Crippen molar-refractivity contribution in [2.75, 3.05) is 0 Å². The van der Waals surface area contributed by atoms with E-state index in [0.29, 0.717) is 12.1 Å². The zero-order valence-electron chi connectivity index (χ0n) is 10.4. The molecule has 0 fully saturated rings. The Labute approximate surface area is 129 Å². The van der Waals surface area contributed by atoms with Gasteiger partial charge in [0.25, 0.3) is 5.91 Å². The van der Waals surface area contributed by atoms with E-state index in [-0.39, 0.29) is 5.91 Å². The first kappa shape index (κ1) is 14.3. The van der Waals surface area contributed by atoms with Crippen LogP contribution in [0.2, 0.25) is 0 Å². The minimum absolute atomic E-state index is 0.0775. The zero-order valence-corrected chi connectivity index (χ0v) is 13.6. The lowest BCUT2D eigenvalue weighted by Gasteiger charge is -2.09. The lowest BCUT2D eigenvalue weighted by molar-refractivity contribution is 0.0950. The average molecular weight is 383 g/mol. The van der Waals surface area contributed by atoms with Gasteiger partial charge in [0.15, 0.2) is 0 Å². The fourth-order valence-corrected chi connectivity index (χ4v) is 2.58. The summed E-state index contributed by atoms with van der Waals surface area (Å²) in [6, 6.07) is 13.6. The summed E-state index contributed by atoms with van der Waals surface area (Å²) in [6.07, 6.45) is 0. The number of hydrogen-bond donors (Lipinski definition) is 1. The third-order valence-corrected chi connectivity index (χ3v) is 4.23. The fraction of sp³-hybridized carbons (Fsp3) is 0.133. The maximum atomic E-state index is 12.1. The molecule has 0 aliphatic rings. The highest BCUT2D eigenvalue weighted by molar-refractivity contribution is 9.10. The molecular weight excluding hydrogens is 370 g/mol. The summed E-state index contributed by atoms with van der Waals surface area (Å²) in [5.74, 6) is -0.0775. The maximum Gasteiger partial charge on any atom is 0.252 e. The van der Waals surface area contributed by atoms with Crippen molar-refractivity contribution in [1.29, 1.82) is 0 Å². The standard InChI is InChI=1S/C15H13Br2NO/c1-10-6-7-14(17)12(8-10)15(19)18-9-11-4-2-3-5-13(11)16/h2-8H,9H2,1H3,(H,18,19). The molecule has 2 aromatic rings. The van der Waals surface area contributed by atoms with Crippen LogP contribution in [-0.4, -0.2) is 5.91 Å². The summed E-state index contributed by atoms with van der Waals surface area (Å²) in [5.41, 5.74) is 2.78. The highest BCUT2D eigenvalue weighted by Crippen LogP contribution is 2.19. The minimum atomic E-state index is -0.0775. The van der Waals surface area contributed by atoms with Gasteiger partial charge >= 0.3 is 0 Å². The van der Waals surface area contributed by atoms with Gasteiger partial charge in [0.05, 0.1) is 5.56 Å². The highest BCUT2D eigenvalue weighted by atomic mass is 79.9. The molecule has 0 heterocycles. The van der Waals surface area contributed by atoms with Crippen molar-refractivity contribution in [3.63, 3.8) is 0 Å². The quantitative estimate of drug-likeness (QED) is 0.834. The van der Waals surface area contributed by atoms with Gasteiger partial charge in [-0.1, -0.05) is 45.8 Å². The third kappa shape index (κ3) is 3.67. The molecule has 0 unspecified atom stereocenters. The van der Waals surface area contributed by atoms with E-state index >= 15 is 0 Å². The van der Waals surface area contributed by atoms with Crippen LogP contribution < -0.4 is 5.32 Å². The molecular formula is C15H13Br2NO. The van der Waals surface area contributed by atoms with Gasteiger partial charge < -0.3 is 5.32 Å². The van der Waals surface area contributed by atoms with Crippen LogP contribution in [0.25, 0.3) is 0 Å². The van der Waals surface area contributed by atoms with Gasteiger partial charge in [0.2, 0.25) is 0 Å². The third-order valence-electron chi connectivity index (χ3n) is 2.76. The molecule has 1 N–H and O–H groups in total. The number of hydrogen-bond acceptors (Lipinski definition) is 1. The van der Waals surface area contributed by atoms with Gasteiger partial charge in [0.1, 0.15) is 0 Å². The zero-order chi connectivity index (χ0) is 13.8. The number of rotatable bonds is 3. The van der Waals surface area contributed by atoms with E-state index in [9.17, 15) is 4.79 Å². The number of carbonyl (C=O) groups is 1. The van der Waals surface area contributed by atoms with Gasteiger partial charge in [-0.15, -0.1) is 0 Å². The van der Waals surface area contributed by atoms with Crippen LogP contribution >= 0.6 is 31.9 Å². The normalized spacial score (nSPS) is 10.3. The Kier molecular flexibility index (Phi) is 4.77. The predicted octanol–water partition coefficient (Wildman–Crippen LogP) is 4.45. The first-order chi connectivity index (χ1) is 9.08. The summed E-state index contributed by atoms with van der Waals surface area (Å²) in [6.45, 7) is 2.47. The predicted molar refractivity (Wildman–Crippen MR) is 84.2 cm³/mol. The highest BCUT2D eigenvalue weighted by Gasteiger charge is 2.10. The van der Waals surface area contributed by atoms with Gasteiger partial charge in [-0.2, -0.15) is 0 Å². The summed E-state index contributed by atoms with van der Waals surface area (Å²) in [5, 5.41) is 2.93. The monoisotopic (exact) mass is 381 g/mol. The molecule has 19 heavy (non-hydrogen) atoms. The minimum Gasteiger partial charge on any atom is -0.348 e. The SMILES string of the molecule is Cc1ccc(Br)c(C(=O)NCc2ccccc2Br)c1. The smallest absolute Gasteiger partial charge is 0.252 e. The topological polar surface area (TPSA) is 29.1 Å². The first-order valence-electron chi connectivity index (χ1n) is 5.85. The van der Waals surface area contributed by atoms with Crippen molar-refractivity contribution in [2.24, 2.45) is 0 Å². The van der Waals surface area contributed by atoms with E-state index < -0.39 is 0 Å². The molecule has 0 aliphatic carbocycles. The average Bonchev–Trinajstić information content (AvgIpc) is 2.40. The van der Waals surface area contributed by atoms with Crippen molar-refractivity contribution in [3.05, 3.63) is 68.1 Å². The van der Waals surface area contributed by atoms with Crippen LogP contribution in [0.15, 0.2) is 51.4 Å². The molecule has 0 atom stereocenters. The Bertz CT molecular complexity index is 611. The van der Waals surface area contributed by atoms with Crippen molar-refractivity contribution in [3.8, 4) is 0 Å². The molecule has 98 valence electrons. The number of nitrogens with one attached hydrogen (secondary N) is 1. The molecule has 0 radical (unpaired) electrons. The Hall–Kier alpha value is -1.13. The van der Waals surface area contributed by atoms with E-state index in [1.54, 1.807) is 0 Å². The van der Waals surface area contributed by atoms with E-state index in [1.165, 1.54) is 0 Å². The molecule has 2 aromatic carbocycles. The van der Waals surface area contributed by atoms with E-state index in [2.05, 4.69) is 37.2 Å². The van der Waals surface area contributed by atoms with Crippen molar-refractivity contribution in [1.82, 2.24) is 5.32 Å². The molecule has 1 amide bonds. The van der Waals surface area contributed by atoms with E-state index in [4.69, 9.17) is 0 Å². The van der Waals surface area contributed by atoms with Gasteiger partial charge in [-0.05, 0) is 46.6 Å². The molecule has 0 saturated carbocycles. The summed E-state index contributed by atoms with van der Waals surface area (Å²) >= 11 is 6.87. The molecule has 0 spiro atoms. The second-order valence-electron chi connectivity index (χ2n) is 4.26. The van der Waals surface area contributed by atoms with Crippen molar-refractivity contribution >= 4 is 37.8 Å². The lowest BCUT2D eigenvalue weighted by Crippen LogP contribution is -2.23. The number of benzene rings is 2. The van der Waals surface area contributed by atoms with Crippen LogP contribution in [0.3, 0.4) is 0 Å². The van der Waals surface area contributed by atoms with Gasteiger partial charge in [0, 0.05) is 15.5 Å². The van der Waals surface area contributed by atoms with Gasteiger partial charge in [-0.25, -0.2) is 0 Å². The Balaban J connectivity index is 2.10. The van der Waals surface area contributed by atoms with Crippen LogP contribution in [-0.2, 0) is 6.54 Å². The van der Waals surface area contributed by atoms with Crippen molar-refractivity contribution < 1.29 is 4.79 Å². The molecule has 0 saturated heterocycles. The fourth-order valence-electron chi connectivity index (χ4n) is 1.73. The molecule has 0 bridgehead atoms. The molecule has 0 aliphatic heterocycles. The van der Waals surface area contributed by atoms with Crippen LogP contribution in [0.5, 0.6) is 0 Å². The Morgan fingerprint density at radius 3 is 2.58 bits per heavy atom.